The van der Waals surface area contributed by atoms with Crippen LogP contribution in [-0.4, -0.2) is 37.3 Å². The highest BCUT2D eigenvalue weighted by atomic mass is 16.5. The fraction of sp³-hybridized carbons (Fsp3) is 0.150. The lowest BCUT2D eigenvalue weighted by atomic mass is 10.1. The zero-order chi connectivity index (χ0) is 18.2. The van der Waals surface area contributed by atoms with E-state index in [4.69, 9.17) is 10.00 Å². The van der Waals surface area contributed by atoms with Gasteiger partial charge in [0.1, 0.15) is 5.75 Å². The van der Waals surface area contributed by atoms with Gasteiger partial charge >= 0.3 is 0 Å². The Kier molecular flexibility index (Phi) is 6.08. The van der Waals surface area contributed by atoms with Gasteiger partial charge in [-0.05, 0) is 48.0 Å². The first-order chi connectivity index (χ1) is 12.0. The molecule has 5 nitrogen and oxygen atoms in total. The molecule has 0 bridgehead atoms. The zero-order valence-electron chi connectivity index (χ0n) is 14.1. The normalized spacial score (nSPS) is 10.3. The van der Waals surface area contributed by atoms with Gasteiger partial charge in [0, 0.05) is 19.7 Å². The number of likely N-dealkylation sites (N-methyl/N-ethyl adjacent to an activating group) is 1. The van der Waals surface area contributed by atoms with Crippen LogP contribution in [0.5, 0.6) is 5.75 Å². The van der Waals surface area contributed by atoms with Gasteiger partial charge in [-0.1, -0.05) is 18.2 Å². The second-order valence-electron chi connectivity index (χ2n) is 5.53. The van der Waals surface area contributed by atoms with Crippen LogP contribution in [0.25, 0.3) is 6.08 Å². The highest BCUT2D eigenvalue weighted by Crippen LogP contribution is 2.14. The third kappa shape index (κ3) is 5.33. The van der Waals surface area contributed by atoms with Crippen LogP contribution in [0, 0.1) is 11.3 Å². The van der Waals surface area contributed by atoms with E-state index in [2.05, 4.69) is 0 Å². The summed E-state index contributed by atoms with van der Waals surface area (Å²) in [6, 6.07) is 15.6. The summed E-state index contributed by atoms with van der Waals surface area (Å²) in [6.07, 6.45) is 3.18. The number of ketones is 1. The molecule has 0 aliphatic carbocycles. The van der Waals surface area contributed by atoms with Crippen molar-refractivity contribution in [1.82, 2.24) is 4.90 Å². The molecule has 0 aliphatic rings. The van der Waals surface area contributed by atoms with Gasteiger partial charge in [-0.3, -0.25) is 9.59 Å². The van der Waals surface area contributed by atoms with Crippen LogP contribution in [0.4, 0.5) is 0 Å². The maximum Gasteiger partial charge on any atom is 0.259 e. The molecule has 0 N–H and O–H groups in total. The van der Waals surface area contributed by atoms with E-state index in [0.29, 0.717) is 16.9 Å². The lowest BCUT2D eigenvalue weighted by Crippen LogP contribution is -2.27. The molecule has 1 amide bonds. The topological polar surface area (TPSA) is 70.4 Å². The van der Waals surface area contributed by atoms with Crippen molar-refractivity contribution >= 4 is 17.8 Å². The summed E-state index contributed by atoms with van der Waals surface area (Å²) in [6.45, 7) is -0.0428. The SMILES string of the molecule is CN(C)C(=O)COc1ccc(C(=O)C=Cc2ccc(C#N)cc2)cc1. The summed E-state index contributed by atoms with van der Waals surface area (Å²) in [5, 5.41) is 8.76. The Hall–Kier alpha value is -3.39. The Balaban J connectivity index is 1.96. The highest BCUT2D eigenvalue weighted by Gasteiger charge is 2.06. The van der Waals surface area contributed by atoms with Crippen molar-refractivity contribution in [3.8, 4) is 11.8 Å². The van der Waals surface area contributed by atoms with Gasteiger partial charge in [0.05, 0.1) is 11.6 Å². The Morgan fingerprint density at radius 3 is 2.28 bits per heavy atom. The summed E-state index contributed by atoms with van der Waals surface area (Å²) >= 11 is 0. The van der Waals surface area contributed by atoms with Crippen LogP contribution in [0.3, 0.4) is 0 Å². The number of ether oxygens (including phenoxy) is 1. The van der Waals surface area contributed by atoms with Gasteiger partial charge in [-0.25, -0.2) is 0 Å². The second kappa shape index (κ2) is 8.46. The molecule has 0 aliphatic heterocycles. The first-order valence-electron chi connectivity index (χ1n) is 7.65. The Bertz CT molecular complexity index is 814. The Labute approximate surface area is 146 Å². The van der Waals surface area contributed by atoms with Gasteiger partial charge in [0.25, 0.3) is 5.91 Å². The number of hydrogen-bond acceptors (Lipinski definition) is 4. The number of rotatable bonds is 6. The van der Waals surface area contributed by atoms with Crippen LogP contribution in [0.15, 0.2) is 54.6 Å². The lowest BCUT2D eigenvalue weighted by Gasteiger charge is -2.11. The largest absolute Gasteiger partial charge is 0.484 e. The smallest absolute Gasteiger partial charge is 0.259 e. The van der Waals surface area contributed by atoms with Gasteiger partial charge in [0.15, 0.2) is 12.4 Å². The molecular weight excluding hydrogens is 316 g/mol. The predicted octanol–water partition coefficient (Wildman–Crippen LogP) is 2.92. The monoisotopic (exact) mass is 334 g/mol. The molecule has 2 aromatic carbocycles. The Morgan fingerprint density at radius 1 is 1.08 bits per heavy atom. The average Bonchev–Trinajstić information content (AvgIpc) is 2.64. The van der Waals surface area contributed by atoms with Crippen molar-refractivity contribution in [2.45, 2.75) is 0 Å². The number of benzene rings is 2. The highest BCUT2D eigenvalue weighted by molar-refractivity contribution is 6.06. The first kappa shape index (κ1) is 18.0. The van der Waals surface area contributed by atoms with E-state index in [9.17, 15) is 9.59 Å². The molecule has 0 aromatic heterocycles. The molecule has 0 unspecified atom stereocenters. The number of carbonyl (C=O) groups excluding carboxylic acids is 2. The van der Waals surface area contributed by atoms with E-state index in [1.807, 2.05) is 6.07 Å². The number of nitrogens with zero attached hydrogens (tertiary/aromatic N) is 2. The number of nitriles is 1. The standard InChI is InChI=1S/C20H18N2O3/c1-22(2)20(24)14-25-18-10-8-17(9-11-18)19(23)12-7-15-3-5-16(13-21)6-4-15/h3-12H,14H2,1-2H3. The third-order valence-corrected chi connectivity index (χ3v) is 3.47. The first-order valence-corrected chi connectivity index (χ1v) is 7.65. The number of carbonyl (C=O) groups is 2. The van der Waals surface area contributed by atoms with Crippen molar-refractivity contribution < 1.29 is 14.3 Å². The van der Waals surface area contributed by atoms with Gasteiger partial charge < -0.3 is 9.64 Å². The molecule has 0 atom stereocenters. The third-order valence-electron chi connectivity index (χ3n) is 3.47. The summed E-state index contributed by atoms with van der Waals surface area (Å²) in [5.74, 6) is 0.258. The number of allylic oxidation sites excluding steroid dienone is 1. The summed E-state index contributed by atoms with van der Waals surface area (Å²) in [4.78, 5) is 25.1. The van der Waals surface area contributed by atoms with Gasteiger partial charge in [-0.2, -0.15) is 5.26 Å². The van der Waals surface area contributed by atoms with Crippen molar-refractivity contribution in [3.63, 3.8) is 0 Å². The fourth-order valence-corrected chi connectivity index (χ4v) is 1.93. The van der Waals surface area contributed by atoms with Crippen molar-refractivity contribution in [2.75, 3.05) is 20.7 Å². The van der Waals surface area contributed by atoms with Crippen LogP contribution in [0.1, 0.15) is 21.5 Å². The minimum atomic E-state index is -0.139. The van der Waals surface area contributed by atoms with E-state index < -0.39 is 0 Å². The molecule has 0 saturated heterocycles. The van der Waals surface area contributed by atoms with Crippen molar-refractivity contribution in [3.05, 3.63) is 71.3 Å². The molecule has 0 radical (unpaired) electrons. The summed E-state index contributed by atoms with van der Waals surface area (Å²) < 4.78 is 5.37. The molecule has 0 saturated carbocycles. The average molecular weight is 334 g/mol. The molecule has 0 heterocycles. The molecule has 0 fully saturated rings. The molecule has 126 valence electrons. The maximum absolute atomic E-state index is 12.2. The van der Waals surface area contributed by atoms with Crippen LogP contribution >= 0.6 is 0 Å². The zero-order valence-corrected chi connectivity index (χ0v) is 14.1. The number of hydrogen-bond donors (Lipinski definition) is 0. The van der Waals surface area contributed by atoms with Gasteiger partial charge in [0.2, 0.25) is 0 Å². The van der Waals surface area contributed by atoms with E-state index in [-0.39, 0.29) is 18.3 Å². The van der Waals surface area contributed by atoms with Crippen LogP contribution < -0.4 is 4.74 Å². The predicted molar refractivity (Wildman–Crippen MR) is 95.2 cm³/mol. The van der Waals surface area contributed by atoms with Crippen molar-refractivity contribution in [2.24, 2.45) is 0 Å². The van der Waals surface area contributed by atoms with E-state index in [1.165, 1.54) is 11.0 Å². The summed E-state index contributed by atoms with van der Waals surface area (Å²) in [7, 11) is 3.32. The van der Waals surface area contributed by atoms with Crippen LogP contribution in [0.2, 0.25) is 0 Å². The molecule has 2 rings (SSSR count). The molecule has 0 spiro atoms. The molecule has 25 heavy (non-hydrogen) atoms. The Morgan fingerprint density at radius 2 is 1.72 bits per heavy atom. The van der Waals surface area contributed by atoms with E-state index in [0.717, 1.165) is 5.56 Å². The quantitative estimate of drug-likeness (QED) is 0.601. The fourth-order valence-electron chi connectivity index (χ4n) is 1.93. The van der Waals surface area contributed by atoms with Crippen molar-refractivity contribution in [1.29, 1.82) is 5.26 Å². The molecular formula is C20H18N2O3. The van der Waals surface area contributed by atoms with Gasteiger partial charge in [-0.15, -0.1) is 0 Å². The van der Waals surface area contributed by atoms with E-state index in [1.54, 1.807) is 68.7 Å². The minimum Gasteiger partial charge on any atom is -0.484 e. The molecule has 2 aromatic rings. The maximum atomic E-state index is 12.2. The lowest BCUT2D eigenvalue weighted by molar-refractivity contribution is -0.130. The van der Waals surface area contributed by atoms with Crippen LogP contribution in [-0.2, 0) is 4.79 Å². The molecule has 5 heteroatoms. The minimum absolute atomic E-state index is 0.0428. The van der Waals surface area contributed by atoms with E-state index >= 15 is 0 Å². The number of amides is 1. The second-order valence-corrected chi connectivity index (χ2v) is 5.53. The summed E-state index contributed by atoms with van der Waals surface area (Å²) in [5.41, 5.74) is 1.94.